The molecule has 0 saturated heterocycles. The highest BCUT2D eigenvalue weighted by atomic mass is 32.2. The lowest BCUT2D eigenvalue weighted by Gasteiger charge is -2.25. The zero-order valence-corrected chi connectivity index (χ0v) is 16.4. The monoisotopic (exact) mass is 389 g/mol. The summed E-state index contributed by atoms with van der Waals surface area (Å²) in [6, 6.07) is 18.4. The predicted molar refractivity (Wildman–Crippen MR) is 109 cm³/mol. The van der Waals surface area contributed by atoms with Gasteiger partial charge in [-0.3, -0.25) is 0 Å². The van der Waals surface area contributed by atoms with Crippen LogP contribution >= 0.6 is 11.8 Å². The van der Waals surface area contributed by atoms with E-state index < -0.39 is 17.9 Å². The first-order chi connectivity index (χ1) is 13.5. The number of nitrogens with zero attached hydrogens (tertiary/aromatic N) is 3. The molecular formula is C22H19N3O2S. The molecule has 140 valence electrons. The molecule has 2 aromatic carbocycles. The van der Waals surface area contributed by atoms with E-state index in [1.165, 1.54) is 11.8 Å². The molecule has 1 aliphatic heterocycles. The summed E-state index contributed by atoms with van der Waals surface area (Å²) in [5.74, 6) is -0.721. The smallest absolute Gasteiger partial charge is 0.327 e. The molecule has 0 saturated carbocycles. The highest BCUT2D eigenvalue weighted by Gasteiger charge is 2.44. The fourth-order valence-electron chi connectivity index (χ4n) is 3.62. The highest BCUT2D eigenvalue weighted by Crippen LogP contribution is 2.44. The molecule has 1 aliphatic rings. The average Bonchev–Trinajstić information content (AvgIpc) is 3.00. The van der Waals surface area contributed by atoms with Crippen LogP contribution in [0, 0.1) is 22.7 Å². The summed E-state index contributed by atoms with van der Waals surface area (Å²) < 4.78 is 0. The van der Waals surface area contributed by atoms with Gasteiger partial charge in [0.1, 0.15) is 6.04 Å². The molecule has 0 radical (unpaired) electrons. The van der Waals surface area contributed by atoms with Crippen LogP contribution in [0.5, 0.6) is 0 Å². The van der Waals surface area contributed by atoms with Gasteiger partial charge >= 0.3 is 5.97 Å². The fraction of sp³-hybridized carbons (Fsp3) is 0.227. The van der Waals surface area contributed by atoms with Gasteiger partial charge in [0.2, 0.25) is 0 Å². The van der Waals surface area contributed by atoms with Crippen molar-refractivity contribution < 1.29 is 9.90 Å². The van der Waals surface area contributed by atoms with Gasteiger partial charge in [-0.05, 0) is 28.5 Å². The van der Waals surface area contributed by atoms with Gasteiger partial charge in [0.25, 0.3) is 0 Å². The van der Waals surface area contributed by atoms with Crippen molar-refractivity contribution in [3.63, 3.8) is 0 Å². The first kappa shape index (κ1) is 19.5. The molecule has 0 fully saturated rings. The fourth-order valence-corrected chi connectivity index (χ4v) is 4.54. The van der Waals surface area contributed by atoms with Crippen molar-refractivity contribution in [3.8, 4) is 23.3 Å². The summed E-state index contributed by atoms with van der Waals surface area (Å²) >= 11 is 1.49. The quantitative estimate of drug-likeness (QED) is 0.825. The topological polar surface area (TPSA) is 88.1 Å². The lowest BCUT2D eigenvalue weighted by atomic mass is 9.86. The Bertz CT molecular complexity index is 1020. The molecule has 6 heteroatoms. The van der Waals surface area contributed by atoms with Crippen molar-refractivity contribution in [2.75, 3.05) is 12.8 Å². The largest absolute Gasteiger partial charge is 0.480 e. The van der Waals surface area contributed by atoms with Crippen LogP contribution in [-0.2, 0) is 4.79 Å². The van der Waals surface area contributed by atoms with Gasteiger partial charge in [-0.1, -0.05) is 49.4 Å². The lowest BCUT2D eigenvalue weighted by Crippen LogP contribution is -2.37. The number of likely N-dealkylation sites (N-methyl/N-ethyl adjacent to an activating group) is 1. The number of hydrogen-bond acceptors (Lipinski definition) is 5. The lowest BCUT2D eigenvalue weighted by molar-refractivity contribution is -0.141. The normalized spacial score (nSPS) is 18.6. The predicted octanol–water partition coefficient (Wildman–Crippen LogP) is 4.20. The molecule has 2 aromatic rings. The van der Waals surface area contributed by atoms with Crippen molar-refractivity contribution in [2.45, 2.75) is 18.9 Å². The maximum Gasteiger partial charge on any atom is 0.327 e. The van der Waals surface area contributed by atoms with E-state index in [4.69, 9.17) is 0 Å². The third-order valence-corrected chi connectivity index (χ3v) is 5.95. The number of carbonyl (C=O) groups is 1. The molecular weight excluding hydrogens is 370 g/mol. The second-order valence-electron chi connectivity index (χ2n) is 6.41. The first-order valence-corrected chi connectivity index (χ1v) is 9.84. The van der Waals surface area contributed by atoms with Gasteiger partial charge < -0.3 is 10.0 Å². The molecule has 0 aromatic heterocycles. The number of benzene rings is 2. The summed E-state index contributed by atoms with van der Waals surface area (Å²) in [5.41, 5.74) is 3.56. The maximum atomic E-state index is 12.0. The maximum absolute atomic E-state index is 12.0. The van der Waals surface area contributed by atoms with Crippen LogP contribution in [-0.4, -0.2) is 34.8 Å². The van der Waals surface area contributed by atoms with Crippen LogP contribution in [0.3, 0.4) is 0 Å². The van der Waals surface area contributed by atoms with E-state index in [1.54, 1.807) is 18.0 Å². The standard InChI is InChI=1S/C22H19N3O2S/c1-3-28-21-18(13-24)19(20(22(26)27)25(21)2)15-10-8-14(9-11-15)17-7-5-4-6-16(17)12-23/h4-11,19-20H,3H2,1-2H3,(H,26,27). The zero-order chi connectivity index (χ0) is 20.3. The number of carboxylic acid groups (broad SMARTS) is 1. The van der Waals surface area contributed by atoms with Gasteiger partial charge in [0, 0.05) is 7.05 Å². The molecule has 0 bridgehead atoms. The molecule has 0 amide bonds. The molecule has 2 unspecified atom stereocenters. The van der Waals surface area contributed by atoms with Crippen molar-refractivity contribution in [2.24, 2.45) is 0 Å². The Morgan fingerprint density at radius 3 is 2.39 bits per heavy atom. The number of thioether (sulfide) groups is 1. The van der Waals surface area contributed by atoms with E-state index in [1.807, 2.05) is 49.4 Å². The van der Waals surface area contributed by atoms with E-state index in [0.29, 0.717) is 11.1 Å². The van der Waals surface area contributed by atoms with Gasteiger partial charge in [-0.2, -0.15) is 10.5 Å². The SMILES string of the molecule is CCSC1=C(C#N)C(c2ccc(-c3ccccc3C#N)cc2)C(C(=O)O)N1C. The molecule has 0 spiro atoms. The number of carboxylic acids is 1. The highest BCUT2D eigenvalue weighted by molar-refractivity contribution is 8.03. The van der Waals surface area contributed by atoms with Gasteiger partial charge in [0.05, 0.1) is 34.2 Å². The van der Waals surface area contributed by atoms with Crippen molar-refractivity contribution in [1.29, 1.82) is 10.5 Å². The number of rotatable bonds is 5. The molecule has 5 nitrogen and oxygen atoms in total. The number of hydrogen-bond donors (Lipinski definition) is 1. The molecule has 1 heterocycles. The Hall–Kier alpha value is -3.22. The molecule has 0 aliphatic carbocycles. The van der Waals surface area contributed by atoms with E-state index in [0.717, 1.165) is 27.5 Å². The van der Waals surface area contributed by atoms with Crippen molar-refractivity contribution in [3.05, 3.63) is 70.3 Å². The third kappa shape index (κ3) is 3.35. The van der Waals surface area contributed by atoms with E-state index in [-0.39, 0.29) is 0 Å². The second-order valence-corrected chi connectivity index (χ2v) is 7.67. The van der Waals surface area contributed by atoms with E-state index in [2.05, 4.69) is 12.1 Å². The van der Waals surface area contributed by atoms with Crippen LogP contribution < -0.4 is 0 Å². The van der Waals surface area contributed by atoms with E-state index in [9.17, 15) is 20.4 Å². The molecule has 28 heavy (non-hydrogen) atoms. The molecule has 1 N–H and O–H groups in total. The average molecular weight is 389 g/mol. The van der Waals surface area contributed by atoms with E-state index >= 15 is 0 Å². The summed E-state index contributed by atoms with van der Waals surface area (Å²) in [6.07, 6.45) is 0. The Labute approximate surface area is 168 Å². The summed E-state index contributed by atoms with van der Waals surface area (Å²) in [5, 5.41) is 29.6. The second kappa shape index (κ2) is 8.21. The van der Waals surface area contributed by atoms with Crippen molar-refractivity contribution >= 4 is 17.7 Å². The number of nitriles is 2. The van der Waals surface area contributed by atoms with Crippen LogP contribution in [0.15, 0.2) is 59.1 Å². The Morgan fingerprint density at radius 1 is 1.14 bits per heavy atom. The first-order valence-electron chi connectivity index (χ1n) is 8.85. The van der Waals surface area contributed by atoms with Crippen LogP contribution in [0.4, 0.5) is 0 Å². The van der Waals surface area contributed by atoms with Crippen LogP contribution in [0.1, 0.15) is 24.0 Å². The van der Waals surface area contributed by atoms with Crippen LogP contribution in [0.25, 0.3) is 11.1 Å². The van der Waals surface area contributed by atoms with Gasteiger partial charge in [-0.15, -0.1) is 11.8 Å². The molecule has 3 rings (SSSR count). The Morgan fingerprint density at radius 2 is 1.82 bits per heavy atom. The Balaban J connectivity index is 2.05. The summed E-state index contributed by atoms with van der Waals surface area (Å²) in [7, 11) is 1.73. The minimum atomic E-state index is -0.953. The number of aliphatic carboxylic acids is 1. The van der Waals surface area contributed by atoms with Crippen LogP contribution in [0.2, 0.25) is 0 Å². The summed E-state index contributed by atoms with van der Waals surface area (Å²) in [6.45, 7) is 1.98. The van der Waals surface area contributed by atoms with Crippen molar-refractivity contribution in [1.82, 2.24) is 4.90 Å². The molecule has 2 atom stereocenters. The minimum Gasteiger partial charge on any atom is -0.480 e. The minimum absolute atomic E-state index is 0.493. The van der Waals surface area contributed by atoms with Gasteiger partial charge in [-0.25, -0.2) is 4.79 Å². The Kier molecular flexibility index (Phi) is 5.73. The third-order valence-electron chi connectivity index (χ3n) is 4.88. The summed E-state index contributed by atoms with van der Waals surface area (Å²) in [4.78, 5) is 13.6. The van der Waals surface area contributed by atoms with Gasteiger partial charge in [0.15, 0.2) is 0 Å². The zero-order valence-electron chi connectivity index (χ0n) is 15.6.